The number of nitrogens with zero attached hydrogens (tertiary/aromatic N) is 1. The van der Waals surface area contributed by atoms with Crippen LogP contribution in [-0.2, 0) is 22.6 Å². The van der Waals surface area contributed by atoms with E-state index in [1.807, 2.05) is 20.8 Å². The summed E-state index contributed by atoms with van der Waals surface area (Å²) in [6, 6.07) is 2.50. The van der Waals surface area contributed by atoms with Gasteiger partial charge in [0, 0.05) is 19.3 Å². The predicted molar refractivity (Wildman–Crippen MR) is 102 cm³/mol. The molecule has 1 aromatic carbocycles. The van der Waals surface area contributed by atoms with Gasteiger partial charge in [-0.1, -0.05) is 19.9 Å². The minimum Gasteiger partial charge on any atom is -0.357 e. The van der Waals surface area contributed by atoms with Gasteiger partial charge in [-0.3, -0.25) is 0 Å². The van der Waals surface area contributed by atoms with E-state index in [0.29, 0.717) is 31.5 Å². The van der Waals surface area contributed by atoms with Gasteiger partial charge in [0.2, 0.25) is 0 Å². The van der Waals surface area contributed by atoms with Gasteiger partial charge < -0.3 is 10.6 Å². The number of hydrogen-bond donors (Lipinski definition) is 2. The Morgan fingerprint density at radius 3 is 2.36 bits per heavy atom. The SMILES string of the molecule is CCNC(=NCc1ccc(F)cc1C(F)(F)F)NCC(C)(C)CCS(C)(=O)=O. The average molecular weight is 425 g/mol. The average Bonchev–Trinajstić information content (AvgIpc) is 2.55. The van der Waals surface area contributed by atoms with E-state index in [1.165, 1.54) is 6.26 Å². The van der Waals surface area contributed by atoms with E-state index in [2.05, 4.69) is 15.6 Å². The molecule has 0 amide bonds. The Hall–Kier alpha value is -1.84. The van der Waals surface area contributed by atoms with E-state index in [9.17, 15) is 26.0 Å². The molecule has 28 heavy (non-hydrogen) atoms. The van der Waals surface area contributed by atoms with Crippen molar-refractivity contribution in [2.24, 2.45) is 10.4 Å². The van der Waals surface area contributed by atoms with Gasteiger partial charge in [0.15, 0.2) is 5.96 Å². The van der Waals surface area contributed by atoms with Gasteiger partial charge in [-0.25, -0.2) is 17.8 Å². The largest absolute Gasteiger partial charge is 0.416 e. The Morgan fingerprint density at radius 1 is 1.18 bits per heavy atom. The van der Waals surface area contributed by atoms with Crippen molar-refractivity contribution >= 4 is 15.8 Å². The summed E-state index contributed by atoms with van der Waals surface area (Å²) in [7, 11) is -3.09. The predicted octanol–water partition coefficient (Wildman–Crippen LogP) is 3.36. The summed E-state index contributed by atoms with van der Waals surface area (Å²) >= 11 is 0. The first-order valence-corrected chi connectivity index (χ1v) is 10.8. The maximum atomic E-state index is 13.2. The van der Waals surface area contributed by atoms with Crippen LogP contribution >= 0.6 is 0 Å². The fourth-order valence-corrected chi connectivity index (χ4v) is 3.25. The summed E-state index contributed by atoms with van der Waals surface area (Å²) in [6.07, 6.45) is -3.08. The summed E-state index contributed by atoms with van der Waals surface area (Å²) < 4.78 is 75.2. The topological polar surface area (TPSA) is 70.6 Å². The van der Waals surface area contributed by atoms with Crippen molar-refractivity contribution in [3.8, 4) is 0 Å². The second kappa shape index (κ2) is 9.58. The van der Waals surface area contributed by atoms with Crippen LogP contribution in [0.3, 0.4) is 0 Å². The molecule has 0 aliphatic carbocycles. The highest BCUT2D eigenvalue weighted by atomic mass is 32.2. The lowest BCUT2D eigenvalue weighted by Gasteiger charge is -2.26. The molecule has 0 bridgehead atoms. The molecule has 0 radical (unpaired) electrons. The molecular formula is C18H27F4N3O2S. The molecule has 1 aromatic rings. The Balaban J connectivity index is 2.88. The fraction of sp³-hybridized carbons (Fsp3) is 0.611. The summed E-state index contributed by atoms with van der Waals surface area (Å²) in [6.45, 7) is 6.17. The van der Waals surface area contributed by atoms with Crippen molar-refractivity contribution in [2.75, 3.05) is 25.1 Å². The van der Waals surface area contributed by atoms with Crippen LogP contribution in [-0.4, -0.2) is 39.5 Å². The molecule has 0 atom stereocenters. The van der Waals surface area contributed by atoms with Crippen LogP contribution in [0.1, 0.15) is 38.3 Å². The van der Waals surface area contributed by atoms with Gasteiger partial charge in [-0.05, 0) is 36.5 Å². The lowest BCUT2D eigenvalue weighted by molar-refractivity contribution is -0.138. The van der Waals surface area contributed by atoms with Gasteiger partial charge in [-0.15, -0.1) is 0 Å². The molecular weight excluding hydrogens is 398 g/mol. The number of guanidine groups is 1. The van der Waals surface area contributed by atoms with Crippen LogP contribution in [0, 0.1) is 11.2 Å². The van der Waals surface area contributed by atoms with Crippen LogP contribution in [0.5, 0.6) is 0 Å². The second-order valence-electron chi connectivity index (χ2n) is 7.39. The fourth-order valence-electron chi connectivity index (χ4n) is 2.33. The van der Waals surface area contributed by atoms with E-state index in [1.54, 1.807) is 0 Å². The van der Waals surface area contributed by atoms with E-state index in [-0.39, 0.29) is 23.3 Å². The van der Waals surface area contributed by atoms with E-state index in [0.717, 1.165) is 12.1 Å². The molecule has 10 heteroatoms. The van der Waals surface area contributed by atoms with Gasteiger partial charge >= 0.3 is 6.18 Å². The Morgan fingerprint density at radius 2 is 1.82 bits per heavy atom. The summed E-state index contributed by atoms with van der Waals surface area (Å²) in [5.74, 6) is -0.620. The van der Waals surface area contributed by atoms with Crippen molar-refractivity contribution in [1.29, 1.82) is 0 Å². The smallest absolute Gasteiger partial charge is 0.357 e. The van der Waals surface area contributed by atoms with E-state index in [4.69, 9.17) is 0 Å². The minimum atomic E-state index is -4.67. The molecule has 160 valence electrons. The third-order valence-electron chi connectivity index (χ3n) is 4.01. The summed E-state index contributed by atoms with van der Waals surface area (Å²) in [4.78, 5) is 4.15. The zero-order chi connectivity index (χ0) is 21.6. The molecule has 0 aliphatic rings. The van der Waals surface area contributed by atoms with Gasteiger partial charge in [0.1, 0.15) is 15.7 Å². The number of nitrogens with one attached hydrogen (secondary N) is 2. The number of halogens is 4. The lowest BCUT2D eigenvalue weighted by Crippen LogP contribution is -2.42. The molecule has 1 rings (SSSR count). The zero-order valence-corrected chi connectivity index (χ0v) is 17.3. The van der Waals surface area contributed by atoms with Crippen molar-refractivity contribution in [3.63, 3.8) is 0 Å². The molecule has 0 aliphatic heterocycles. The van der Waals surface area contributed by atoms with Crippen molar-refractivity contribution < 1.29 is 26.0 Å². The molecule has 5 nitrogen and oxygen atoms in total. The number of sulfone groups is 1. The number of benzene rings is 1. The zero-order valence-electron chi connectivity index (χ0n) is 16.5. The first kappa shape index (κ1) is 24.2. The molecule has 0 heterocycles. The quantitative estimate of drug-likeness (QED) is 0.381. The van der Waals surface area contributed by atoms with Crippen LogP contribution in [0.15, 0.2) is 23.2 Å². The molecule has 0 aromatic heterocycles. The second-order valence-corrected chi connectivity index (χ2v) is 9.65. The highest BCUT2D eigenvalue weighted by Gasteiger charge is 2.33. The van der Waals surface area contributed by atoms with Crippen LogP contribution in [0.4, 0.5) is 17.6 Å². The summed E-state index contributed by atoms with van der Waals surface area (Å²) in [5.41, 5.74) is -1.56. The Bertz CT molecular complexity index is 791. The number of hydrogen-bond acceptors (Lipinski definition) is 3. The molecule has 0 saturated heterocycles. The monoisotopic (exact) mass is 425 g/mol. The van der Waals surface area contributed by atoms with Gasteiger partial charge in [0.05, 0.1) is 17.9 Å². The van der Waals surface area contributed by atoms with E-state index >= 15 is 0 Å². The normalized spacial score (nSPS) is 13.5. The first-order chi connectivity index (χ1) is 12.7. The third kappa shape index (κ3) is 8.90. The maximum Gasteiger partial charge on any atom is 0.416 e. The van der Waals surface area contributed by atoms with Crippen LogP contribution in [0.2, 0.25) is 0 Å². The first-order valence-electron chi connectivity index (χ1n) is 8.79. The highest BCUT2D eigenvalue weighted by molar-refractivity contribution is 7.90. The molecule has 2 N–H and O–H groups in total. The molecule has 0 unspecified atom stereocenters. The van der Waals surface area contributed by atoms with Crippen LogP contribution in [0.25, 0.3) is 0 Å². The standard InChI is InChI=1S/C18H27F4N3O2S/c1-5-23-16(25-12-17(2,3)8-9-28(4,26)27)24-11-13-6-7-14(19)10-15(13)18(20,21)22/h6-7,10H,5,8-9,11-12H2,1-4H3,(H2,23,24,25). The lowest BCUT2D eigenvalue weighted by atomic mass is 9.90. The van der Waals surface area contributed by atoms with E-state index < -0.39 is 27.4 Å². The summed E-state index contributed by atoms with van der Waals surface area (Å²) in [5, 5.41) is 5.96. The molecule has 0 saturated carbocycles. The van der Waals surface area contributed by atoms with Gasteiger partial charge in [0.25, 0.3) is 0 Å². The van der Waals surface area contributed by atoms with Crippen molar-refractivity contribution in [3.05, 3.63) is 35.1 Å². The molecule has 0 fully saturated rings. The highest BCUT2D eigenvalue weighted by Crippen LogP contribution is 2.32. The van der Waals surface area contributed by atoms with Gasteiger partial charge in [-0.2, -0.15) is 13.2 Å². The third-order valence-corrected chi connectivity index (χ3v) is 4.96. The minimum absolute atomic E-state index is 0.0416. The van der Waals surface area contributed by atoms with Crippen LogP contribution < -0.4 is 10.6 Å². The number of alkyl halides is 3. The van der Waals surface area contributed by atoms with Crippen molar-refractivity contribution in [2.45, 2.75) is 39.9 Å². The molecule has 0 spiro atoms. The Kier molecular flexibility index (Phi) is 8.28. The Labute approximate surface area is 163 Å². The van der Waals surface area contributed by atoms with Crippen molar-refractivity contribution in [1.82, 2.24) is 10.6 Å². The number of aliphatic imine (C=N–C) groups is 1. The maximum absolute atomic E-state index is 13.2. The number of rotatable bonds is 8.